The number of nitrogens with one attached hydrogen (secondary N) is 2. The standard InChI is InChI=1S/C31H31N3O4/c1-38-25-9-5-6-20(16-25)19-32-30(36)24-14-15-26-27(17-24)34-31(37)28(33-26)18-29(35)23-12-10-22(11-13-23)21-7-3-2-4-8-21/h5-6,9-18,21,35H,2-4,7-8,19H2,1H3,(H,32,36)(H,34,37)/b29-18-. The lowest BCUT2D eigenvalue weighted by Crippen LogP contribution is -2.23. The van der Waals surface area contributed by atoms with E-state index in [1.165, 1.54) is 43.7 Å². The summed E-state index contributed by atoms with van der Waals surface area (Å²) in [5.74, 6) is 1.01. The number of benzene rings is 3. The van der Waals surface area contributed by atoms with Gasteiger partial charge < -0.3 is 20.1 Å². The molecule has 0 spiro atoms. The molecule has 4 aromatic rings. The van der Waals surface area contributed by atoms with Crippen LogP contribution in [0.1, 0.15) is 70.8 Å². The van der Waals surface area contributed by atoms with E-state index in [4.69, 9.17) is 4.74 Å². The lowest BCUT2D eigenvalue weighted by molar-refractivity contribution is 0.0951. The number of carbonyl (C=O) groups excluding carboxylic acids is 1. The van der Waals surface area contributed by atoms with E-state index in [1.807, 2.05) is 36.4 Å². The van der Waals surface area contributed by atoms with E-state index in [2.05, 4.69) is 27.4 Å². The van der Waals surface area contributed by atoms with Gasteiger partial charge in [-0.15, -0.1) is 0 Å². The van der Waals surface area contributed by atoms with Gasteiger partial charge in [0.1, 0.15) is 17.2 Å². The monoisotopic (exact) mass is 509 g/mol. The molecular formula is C31H31N3O4. The van der Waals surface area contributed by atoms with E-state index in [1.54, 1.807) is 25.3 Å². The van der Waals surface area contributed by atoms with Crippen LogP contribution in [0.3, 0.4) is 0 Å². The van der Waals surface area contributed by atoms with Crippen LogP contribution in [-0.2, 0) is 6.54 Å². The number of methoxy groups -OCH3 is 1. The summed E-state index contributed by atoms with van der Waals surface area (Å²) in [7, 11) is 1.60. The predicted molar refractivity (Wildman–Crippen MR) is 149 cm³/mol. The van der Waals surface area contributed by atoms with Crippen LogP contribution >= 0.6 is 0 Å². The van der Waals surface area contributed by atoms with Gasteiger partial charge in [0.2, 0.25) is 0 Å². The molecule has 7 heteroatoms. The van der Waals surface area contributed by atoms with Crippen molar-refractivity contribution in [1.29, 1.82) is 0 Å². The molecule has 0 aliphatic heterocycles. The van der Waals surface area contributed by atoms with Gasteiger partial charge in [-0.3, -0.25) is 9.59 Å². The number of hydrogen-bond acceptors (Lipinski definition) is 5. The van der Waals surface area contributed by atoms with Crippen LogP contribution in [0.2, 0.25) is 0 Å². The maximum absolute atomic E-state index is 12.7. The first-order valence-corrected chi connectivity index (χ1v) is 13.0. The Kier molecular flexibility index (Phi) is 7.54. The Bertz CT molecular complexity index is 1530. The number of carbonyl (C=O) groups is 1. The molecule has 0 bridgehead atoms. The maximum Gasteiger partial charge on any atom is 0.274 e. The van der Waals surface area contributed by atoms with E-state index < -0.39 is 5.56 Å². The van der Waals surface area contributed by atoms with Crippen molar-refractivity contribution < 1.29 is 14.6 Å². The van der Waals surface area contributed by atoms with Crippen molar-refractivity contribution in [2.45, 2.75) is 44.6 Å². The number of nitrogens with zero attached hydrogens (tertiary/aromatic N) is 1. The molecule has 7 nitrogen and oxygen atoms in total. The van der Waals surface area contributed by atoms with Gasteiger partial charge in [-0.1, -0.05) is 55.7 Å². The van der Waals surface area contributed by atoms with E-state index in [0.717, 1.165) is 11.3 Å². The molecule has 1 aliphatic rings. The van der Waals surface area contributed by atoms with Crippen molar-refractivity contribution in [3.63, 3.8) is 0 Å². The molecule has 38 heavy (non-hydrogen) atoms. The number of aromatic amines is 1. The number of aliphatic hydroxyl groups excluding tert-OH is 1. The molecule has 0 saturated heterocycles. The van der Waals surface area contributed by atoms with Crippen LogP contribution in [0.15, 0.2) is 71.5 Å². The quantitative estimate of drug-likeness (QED) is 0.267. The van der Waals surface area contributed by atoms with Crippen molar-refractivity contribution in [2.24, 2.45) is 0 Å². The first kappa shape index (κ1) is 25.3. The third-order valence-electron chi connectivity index (χ3n) is 7.12. The molecule has 0 unspecified atom stereocenters. The predicted octanol–water partition coefficient (Wildman–Crippen LogP) is 5.97. The second-order valence-corrected chi connectivity index (χ2v) is 9.70. The Hall–Kier alpha value is -4.39. The number of ether oxygens (including phenoxy) is 1. The molecule has 3 aromatic carbocycles. The molecular weight excluding hydrogens is 478 g/mol. The molecule has 1 heterocycles. The molecule has 3 N–H and O–H groups in total. The highest BCUT2D eigenvalue weighted by Crippen LogP contribution is 2.33. The van der Waals surface area contributed by atoms with Gasteiger partial charge in [0.15, 0.2) is 0 Å². The lowest BCUT2D eigenvalue weighted by Gasteiger charge is -2.22. The van der Waals surface area contributed by atoms with Crippen molar-refractivity contribution in [2.75, 3.05) is 7.11 Å². The zero-order valence-electron chi connectivity index (χ0n) is 21.4. The Morgan fingerprint density at radius 2 is 1.82 bits per heavy atom. The summed E-state index contributed by atoms with van der Waals surface area (Å²) >= 11 is 0. The average Bonchev–Trinajstić information content (AvgIpc) is 2.96. The molecule has 1 aliphatic carbocycles. The van der Waals surface area contributed by atoms with Gasteiger partial charge in [-0.05, 0) is 60.2 Å². The smallest absolute Gasteiger partial charge is 0.274 e. The van der Waals surface area contributed by atoms with E-state index in [-0.39, 0.29) is 17.4 Å². The molecule has 1 amide bonds. The fourth-order valence-corrected chi connectivity index (χ4v) is 4.98. The minimum absolute atomic E-state index is 0.0221. The molecule has 5 rings (SSSR count). The summed E-state index contributed by atoms with van der Waals surface area (Å²) in [6.07, 6.45) is 7.64. The average molecular weight is 510 g/mol. The minimum Gasteiger partial charge on any atom is -0.507 e. The first-order valence-electron chi connectivity index (χ1n) is 13.0. The zero-order chi connectivity index (χ0) is 26.5. The van der Waals surface area contributed by atoms with Gasteiger partial charge in [0.25, 0.3) is 11.5 Å². The normalized spacial score (nSPS) is 14.4. The maximum atomic E-state index is 12.7. The zero-order valence-corrected chi connectivity index (χ0v) is 21.4. The molecule has 1 fully saturated rings. The van der Waals surface area contributed by atoms with Gasteiger partial charge in [0.05, 0.1) is 18.1 Å². The topological polar surface area (TPSA) is 104 Å². The van der Waals surface area contributed by atoms with Gasteiger partial charge in [0, 0.05) is 23.7 Å². The molecule has 194 valence electrons. The lowest BCUT2D eigenvalue weighted by atomic mass is 9.84. The summed E-state index contributed by atoms with van der Waals surface area (Å²) in [6, 6.07) is 20.3. The van der Waals surface area contributed by atoms with Crippen molar-refractivity contribution in [1.82, 2.24) is 15.3 Å². The fraction of sp³-hybridized carbons (Fsp3) is 0.258. The Morgan fingerprint density at radius 3 is 2.58 bits per heavy atom. The van der Waals surface area contributed by atoms with E-state index in [0.29, 0.717) is 34.6 Å². The van der Waals surface area contributed by atoms with Crippen LogP contribution in [-0.4, -0.2) is 28.1 Å². The van der Waals surface area contributed by atoms with Crippen LogP contribution < -0.4 is 15.6 Å². The summed E-state index contributed by atoms with van der Waals surface area (Å²) < 4.78 is 5.22. The summed E-state index contributed by atoms with van der Waals surface area (Å²) in [6.45, 7) is 0.341. The SMILES string of the molecule is COc1cccc(CNC(=O)c2ccc3nc(/C=C(\O)c4ccc(C5CCCCC5)cc4)c(=O)[nH]c3c2)c1. The van der Waals surface area contributed by atoms with E-state index in [9.17, 15) is 14.7 Å². The molecule has 1 aromatic heterocycles. The molecule has 0 radical (unpaired) electrons. The number of aromatic nitrogens is 2. The van der Waals surface area contributed by atoms with Crippen LogP contribution in [0.4, 0.5) is 0 Å². The molecule has 0 atom stereocenters. The molecule has 1 saturated carbocycles. The van der Waals surface area contributed by atoms with Crippen LogP contribution in [0.25, 0.3) is 22.9 Å². The van der Waals surface area contributed by atoms with Crippen molar-refractivity contribution >= 4 is 28.8 Å². The summed E-state index contributed by atoms with van der Waals surface area (Å²) in [5.41, 5.74) is 3.85. The first-order chi connectivity index (χ1) is 18.5. The van der Waals surface area contributed by atoms with E-state index >= 15 is 0 Å². The number of fused-ring (bicyclic) bond motifs is 1. The second kappa shape index (κ2) is 11.3. The highest BCUT2D eigenvalue weighted by Gasteiger charge is 2.16. The number of aliphatic hydroxyl groups is 1. The third kappa shape index (κ3) is 5.78. The number of rotatable bonds is 7. The minimum atomic E-state index is -0.447. The third-order valence-corrected chi connectivity index (χ3v) is 7.12. The highest BCUT2D eigenvalue weighted by atomic mass is 16.5. The fourth-order valence-electron chi connectivity index (χ4n) is 4.98. The van der Waals surface area contributed by atoms with Crippen molar-refractivity contribution in [3.05, 3.63) is 105 Å². The number of H-pyrrole nitrogens is 1. The van der Waals surface area contributed by atoms with Crippen LogP contribution in [0.5, 0.6) is 5.75 Å². The van der Waals surface area contributed by atoms with Gasteiger partial charge >= 0.3 is 0 Å². The number of hydrogen-bond donors (Lipinski definition) is 3. The summed E-state index contributed by atoms with van der Waals surface area (Å²) in [4.78, 5) is 32.6. The highest BCUT2D eigenvalue weighted by molar-refractivity contribution is 5.97. The second-order valence-electron chi connectivity index (χ2n) is 9.70. The Balaban J connectivity index is 1.30. The van der Waals surface area contributed by atoms with Gasteiger partial charge in [-0.25, -0.2) is 4.98 Å². The van der Waals surface area contributed by atoms with Crippen LogP contribution in [0, 0.1) is 0 Å². The van der Waals surface area contributed by atoms with Gasteiger partial charge in [-0.2, -0.15) is 0 Å². The number of amides is 1. The van der Waals surface area contributed by atoms with Crippen molar-refractivity contribution in [3.8, 4) is 5.75 Å². The Morgan fingerprint density at radius 1 is 1.05 bits per heavy atom. The summed E-state index contributed by atoms with van der Waals surface area (Å²) in [5, 5.41) is 13.6. The Labute approximate surface area is 221 Å². The largest absolute Gasteiger partial charge is 0.507 e.